The molecule has 22 heavy (non-hydrogen) atoms. The minimum Gasteiger partial charge on any atom is -0.391 e. The lowest BCUT2D eigenvalue weighted by molar-refractivity contribution is -0.123. The third-order valence-electron chi connectivity index (χ3n) is 4.11. The number of thiophene rings is 1. The molecule has 6 nitrogen and oxygen atoms in total. The summed E-state index contributed by atoms with van der Waals surface area (Å²) in [7, 11) is 0. The number of hydrogen-bond donors (Lipinski definition) is 2. The van der Waals surface area contributed by atoms with Crippen molar-refractivity contribution >= 4 is 27.5 Å². The van der Waals surface area contributed by atoms with Crippen molar-refractivity contribution in [2.75, 3.05) is 0 Å². The fraction of sp³-hybridized carbons (Fsp3) is 0.533. The molecule has 2 aromatic rings. The highest BCUT2D eigenvalue weighted by Gasteiger charge is 2.24. The molecule has 1 aliphatic carbocycles. The summed E-state index contributed by atoms with van der Waals surface area (Å²) in [5, 5.41) is 15.2. The van der Waals surface area contributed by atoms with Crippen molar-refractivity contribution in [3.8, 4) is 0 Å². The molecule has 1 aliphatic rings. The normalized spacial score (nSPS) is 21.9. The molecule has 2 unspecified atom stereocenters. The number of carbonyl (C=O) groups is 1. The van der Waals surface area contributed by atoms with E-state index in [1.54, 1.807) is 6.07 Å². The Bertz CT molecular complexity index is 724. The van der Waals surface area contributed by atoms with Crippen LogP contribution in [0.1, 0.15) is 32.1 Å². The standard InChI is InChI=1S/C15H19N3O3S/c19-12-4-2-1-3-11(12)17-13(20)5-7-18-9-16-14-10(15(18)21)6-8-22-14/h6,8-9,11-12,19H,1-5,7H2,(H,17,20). The van der Waals surface area contributed by atoms with E-state index in [1.807, 2.05) is 5.38 Å². The highest BCUT2D eigenvalue weighted by Crippen LogP contribution is 2.18. The molecule has 0 aromatic carbocycles. The zero-order valence-electron chi connectivity index (χ0n) is 12.2. The highest BCUT2D eigenvalue weighted by atomic mass is 32.1. The van der Waals surface area contributed by atoms with Crippen molar-refractivity contribution < 1.29 is 9.90 Å². The molecule has 1 fully saturated rings. The number of aliphatic hydroxyl groups is 1. The van der Waals surface area contributed by atoms with Gasteiger partial charge in [-0.3, -0.25) is 14.2 Å². The molecule has 0 aliphatic heterocycles. The summed E-state index contributed by atoms with van der Waals surface area (Å²) in [5.74, 6) is -0.136. The largest absolute Gasteiger partial charge is 0.391 e. The Morgan fingerprint density at radius 1 is 1.45 bits per heavy atom. The second-order valence-electron chi connectivity index (χ2n) is 5.66. The van der Waals surface area contributed by atoms with Crippen LogP contribution in [0.5, 0.6) is 0 Å². The Hall–Kier alpha value is -1.73. The fourth-order valence-corrected chi connectivity index (χ4v) is 3.56. The van der Waals surface area contributed by atoms with Gasteiger partial charge in [0.1, 0.15) is 4.83 Å². The number of rotatable bonds is 4. The molecule has 2 heterocycles. The highest BCUT2D eigenvalue weighted by molar-refractivity contribution is 7.16. The van der Waals surface area contributed by atoms with E-state index in [0.717, 1.165) is 30.5 Å². The predicted molar refractivity (Wildman–Crippen MR) is 84.9 cm³/mol. The van der Waals surface area contributed by atoms with Crippen molar-refractivity contribution in [1.29, 1.82) is 0 Å². The van der Waals surface area contributed by atoms with Gasteiger partial charge in [0.05, 0.1) is 23.9 Å². The van der Waals surface area contributed by atoms with Gasteiger partial charge < -0.3 is 10.4 Å². The van der Waals surface area contributed by atoms with Crippen molar-refractivity contribution in [3.63, 3.8) is 0 Å². The summed E-state index contributed by atoms with van der Waals surface area (Å²) in [4.78, 5) is 29.1. The lowest BCUT2D eigenvalue weighted by Gasteiger charge is -2.28. The number of carbonyl (C=O) groups excluding carboxylic acids is 1. The first-order valence-electron chi connectivity index (χ1n) is 7.55. The number of hydrogen-bond acceptors (Lipinski definition) is 5. The maximum atomic E-state index is 12.2. The van der Waals surface area contributed by atoms with Crippen molar-refractivity contribution in [2.24, 2.45) is 0 Å². The number of aliphatic hydroxyl groups excluding tert-OH is 1. The van der Waals surface area contributed by atoms with E-state index < -0.39 is 6.10 Å². The van der Waals surface area contributed by atoms with Gasteiger partial charge in [0.15, 0.2) is 0 Å². The molecule has 7 heteroatoms. The molecule has 2 aromatic heterocycles. The Balaban J connectivity index is 1.60. The van der Waals surface area contributed by atoms with Gasteiger partial charge >= 0.3 is 0 Å². The summed E-state index contributed by atoms with van der Waals surface area (Å²) in [6, 6.07) is 1.60. The zero-order valence-corrected chi connectivity index (χ0v) is 13.0. The number of aromatic nitrogens is 2. The van der Waals surface area contributed by atoms with Crippen LogP contribution in [0.3, 0.4) is 0 Å². The third kappa shape index (κ3) is 3.20. The first-order chi connectivity index (χ1) is 10.6. The topological polar surface area (TPSA) is 84.2 Å². The van der Waals surface area contributed by atoms with Gasteiger partial charge in [-0.1, -0.05) is 12.8 Å². The summed E-state index contributed by atoms with van der Waals surface area (Å²) in [6.45, 7) is 0.298. The van der Waals surface area contributed by atoms with Gasteiger partial charge in [0.2, 0.25) is 5.91 Å². The van der Waals surface area contributed by atoms with Crippen LogP contribution in [0, 0.1) is 0 Å². The van der Waals surface area contributed by atoms with E-state index in [0.29, 0.717) is 11.9 Å². The minimum absolute atomic E-state index is 0.114. The first-order valence-corrected chi connectivity index (χ1v) is 8.43. The van der Waals surface area contributed by atoms with Crippen molar-refractivity contribution in [1.82, 2.24) is 14.9 Å². The second-order valence-corrected chi connectivity index (χ2v) is 6.55. The third-order valence-corrected chi connectivity index (χ3v) is 4.93. The molecule has 2 N–H and O–H groups in total. The first kappa shape index (κ1) is 15.2. The Morgan fingerprint density at radius 3 is 3.09 bits per heavy atom. The van der Waals surface area contributed by atoms with Gasteiger partial charge in [-0.25, -0.2) is 4.98 Å². The van der Waals surface area contributed by atoms with Crippen LogP contribution < -0.4 is 10.9 Å². The van der Waals surface area contributed by atoms with Gasteiger partial charge in [0.25, 0.3) is 5.56 Å². The molecular formula is C15H19N3O3S. The quantitative estimate of drug-likeness (QED) is 0.888. The SMILES string of the molecule is O=C(CCn1cnc2sccc2c1=O)NC1CCCCC1O. The molecule has 2 atom stereocenters. The van der Waals surface area contributed by atoms with E-state index in [2.05, 4.69) is 10.3 Å². The average Bonchev–Trinajstić information content (AvgIpc) is 2.98. The minimum atomic E-state index is -0.454. The monoisotopic (exact) mass is 321 g/mol. The zero-order chi connectivity index (χ0) is 15.5. The molecule has 3 rings (SSSR count). The predicted octanol–water partition coefficient (Wildman–Crippen LogP) is 1.27. The molecular weight excluding hydrogens is 302 g/mol. The van der Waals surface area contributed by atoms with Crippen LogP contribution in [0.2, 0.25) is 0 Å². The van der Waals surface area contributed by atoms with Crippen LogP contribution in [-0.2, 0) is 11.3 Å². The number of nitrogens with zero attached hydrogens (tertiary/aromatic N) is 2. The lowest BCUT2D eigenvalue weighted by Crippen LogP contribution is -2.45. The second kappa shape index (κ2) is 6.58. The maximum Gasteiger partial charge on any atom is 0.262 e. The Labute approximate surface area is 131 Å². The summed E-state index contributed by atoms with van der Waals surface area (Å²) in [5.41, 5.74) is -0.114. The van der Waals surface area contributed by atoms with Crippen LogP contribution in [0.15, 0.2) is 22.6 Å². The van der Waals surface area contributed by atoms with Gasteiger partial charge in [-0.15, -0.1) is 11.3 Å². The number of amides is 1. The molecule has 1 amide bonds. The molecule has 118 valence electrons. The Kier molecular flexibility index (Phi) is 4.54. The number of aryl methyl sites for hydroxylation is 1. The van der Waals surface area contributed by atoms with Gasteiger partial charge in [0, 0.05) is 13.0 Å². The summed E-state index contributed by atoms with van der Waals surface area (Å²) in [6.07, 6.45) is 4.84. The maximum absolute atomic E-state index is 12.2. The number of nitrogens with one attached hydrogen (secondary N) is 1. The molecule has 0 bridgehead atoms. The van der Waals surface area contributed by atoms with Crippen LogP contribution in [-0.4, -0.2) is 32.7 Å². The van der Waals surface area contributed by atoms with Gasteiger partial charge in [-0.05, 0) is 24.3 Å². The van der Waals surface area contributed by atoms with E-state index in [4.69, 9.17) is 0 Å². The van der Waals surface area contributed by atoms with E-state index in [9.17, 15) is 14.7 Å². The van der Waals surface area contributed by atoms with Crippen LogP contribution in [0.4, 0.5) is 0 Å². The molecule has 1 saturated carbocycles. The molecule has 0 saturated heterocycles. The van der Waals surface area contributed by atoms with Crippen molar-refractivity contribution in [3.05, 3.63) is 28.1 Å². The summed E-state index contributed by atoms with van der Waals surface area (Å²) < 4.78 is 1.46. The number of fused-ring (bicyclic) bond motifs is 1. The van der Waals surface area contributed by atoms with E-state index in [-0.39, 0.29) is 23.9 Å². The molecule has 0 radical (unpaired) electrons. The van der Waals surface area contributed by atoms with Crippen LogP contribution >= 0.6 is 11.3 Å². The average molecular weight is 321 g/mol. The fourth-order valence-electron chi connectivity index (χ4n) is 2.83. The Morgan fingerprint density at radius 2 is 2.27 bits per heavy atom. The summed E-state index contributed by atoms with van der Waals surface area (Å²) >= 11 is 1.43. The lowest BCUT2D eigenvalue weighted by atomic mass is 9.92. The van der Waals surface area contributed by atoms with E-state index >= 15 is 0 Å². The van der Waals surface area contributed by atoms with E-state index in [1.165, 1.54) is 22.2 Å². The van der Waals surface area contributed by atoms with Crippen LogP contribution in [0.25, 0.3) is 10.2 Å². The van der Waals surface area contributed by atoms with Crippen molar-refractivity contribution in [2.45, 2.75) is 50.8 Å². The smallest absolute Gasteiger partial charge is 0.262 e. The molecule has 0 spiro atoms. The van der Waals surface area contributed by atoms with Gasteiger partial charge in [-0.2, -0.15) is 0 Å².